The van der Waals surface area contributed by atoms with Crippen molar-refractivity contribution in [2.75, 3.05) is 13.2 Å². The summed E-state index contributed by atoms with van der Waals surface area (Å²) in [6.45, 7) is 10.8. The predicted molar refractivity (Wildman–Crippen MR) is 134 cm³/mol. The standard InChI is InChI=1S/C27H41N3O5/c1-17-6-7-18(2)30(26(33)35-27(3,4)5)23(17)25(32)29-22(24(28)31)16-19-8-10-20(11-9-19)21-12-14-34-15-13-21/h8-11,17-18,21-23H,6-7,12-16H2,1-5H3,(H2,28,31)(H,29,32)/t17-,18+,22+,23+/m1/s1. The van der Waals surface area contributed by atoms with E-state index in [0.29, 0.717) is 5.92 Å². The summed E-state index contributed by atoms with van der Waals surface area (Å²) in [6, 6.07) is 6.39. The normalized spacial score (nSPS) is 24.5. The molecule has 35 heavy (non-hydrogen) atoms. The van der Waals surface area contributed by atoms with Gasteiger partial charge in [-0.25, -0.2) is 4.79 Å². The molecule has 2 heterocycles. The van der Waals surface area contributed by atoms with Gasteiger partial charge < -0.3 is 20.5 Å². The van der Waals surface area contributed by atoms with Gasteiger partial charge in [0.15, 0.2) is 0 Å². The van der Waals surface area contributed by atoms with E-state index in [9.17, 15) is 14.4 Å². The van der Waals surface area contributed by atoms with Crippen molar-refractivity contribution in [3.63, 3.8) is 0 Å². The van der Waals surface area contributed by atoms with Crippen LogP contribution in [0.25, 0.3) is 0 Å². The fourth-order valence-corrected chi connectivity index (χ4v) is 5.01. The average Bonchev–Trinajstić information content (AvgIpc) is 2.79. The minimum Gasteiger partial charge on any atom is -0.444 e. The van der Waals surface area contributed by atoms with Crippen molar-refractivity contribution < 1.29 is 23.9 Å². The molecule has 2 aliphatic heterocycles. The van der Waals surface area contributed by atoms with Crippen LogP contribution in [0.4, 0.5) is 4.79 Å². The number of hydrogen-bond acceptors (Lipinski definition) is 5. The number of piperidine rings is 1. The van der Waals surface area contributed by atoms with Crippen LogP contribution in [0.1, 0.15) is 77.3 Å². The SMILES string of the molecule is C[C@@H]1CC[C@H](C)N(C(=O)OC(C)(C)C)[C@@H]1C(=O)N[C@@H](Cc1ccc(C2CCOCC2)cc1)C(N)=O. The number of benzene rings is 1. The Kier molecular flexibility index (Phi) is 8.80. The molecule has 3 N–H and O–H groups in total. The maximum atomic E-state index is 13.4. The Morgan fingerprint density at radius 2 is 1.71 bits per heavy atom. The molecule has 194 valence electrons. The van der Waals surface area contributed by atoms with Crippen LogP contribution in [-0.4, -0.2) is 59.7 Å². The number of hydrogen-bond donors (Lipinski definition) is 2. The zero-order valence-electron chi connectivity index (χ0n) is 21.7. The second-order valence-electron chi connectivity index (χ2n) is 11.0. The van der Waals surface area contributed by atoms with Gasteiger partial charge in [-0.3, -0.25) is 14.5 Å². The molecule has 3 rings (SSSR count). The Morgan fingerprint density at radius 3 is 2.29 bits per heavy atom. The monoisotopic (exact) mass is 487 g/mol. The predicted octanol–water partition coefficient (Wildman–Crippen LogP) is 3.52. The van der Waals surface area contributed by atoms with E-state index in [1.54, 1.807) is 20.8 Å². The van der Waals surface area contributed by atoms with Crippen molar-refractivity contribution in [2.45, 2.75) is 96.4 Å². The number of nitrogens with two attached hydrogens (primary N) is 1. The molecule has 0 bridgehead atoms. The second kappa shape index (κ2) is 11.4. The van der Waals surface area contributed by atoms with Crippen molar-refractivity contribution in [1.82, 2.24) is 10.2 Å². The van der Waals surface area contributed by atoms with Crippen molar-refractivity contribution >= 4 is 17.9 Å². The van der Waals surface area contributed by atoms with Crippen LogP contribution < -0.4 is 11.1 Å². The maximum absolute atomic E-state index is 13.4. The number of carbonyl (C=O) groups excluding carboxylic acids is 3. The minimum absolute atomic E-state index is 0.0778. The number of likely N-dealkylation sites (tertiary alicyclic amines) is 1. The van der Waals surface area contributed by atoms with E-state index in [4.69, 9.17) is 15.2 Å². The van der Waals surface area contributed by atoms with Gasteiger partial charge in [-0.2, -0.15) is 0 Å². The van der Waals surface area contributed by atoms with Gasteiger partial charge in [0.1, 0.15) is 17.7 Å². The Hall–Kier alpha value is -2.61. The lowest BCUT2D eigenvalue weighted by molar-refractivity contribution is -0.134. The highest BCUT2D eigenvalue weighted by atomic mass is 16.6. The smallest absolute Gasteiger partial charge is 0.411 e. The minimum atomic E-state index is -0.874. The quantitative estimate of drug-likeness (QED) is 0.638. The average molecular weight is 488 g/mol. The Bertz CT molecular complexity index is 889. The molecule has 2 saturated heterocycles. The molecule has 0 aromatic heterocycles. The summed E-state index contributed by atoms with van der Waals surface area (Å²) in [5.41, 5.74) is 7.18. The Labute approximate surface area is 208 Å². The number of primary amides is 1. The molecular formula is C27H41N3O5. The van der Waals surface area contributed by atoms with Gasteiger partial charge in [0.05, 0.1) is 0 Å². The van der Waals surface area contributed by atoms with Gasteiger partial charge in [0.25, 0.3) is 0 Å². The van der Waals surface area contributed by atoms with E-state index >= 15 is 0 Å². The van der Waals surface area contributed by atoms with Crippen LogP contribution in [0.15, 0.2) is 24.3 Å². The first-order valence-electron chi connectivity index (χ1n) is 12.7. The van der Waals surface area contributed by atoms with E-state index in [0.717, 1.165) is 44.5 Å². The van der Waals surface area contributed by atoms with E-state index in [2.05, 4.69) is 17.4 Å². The highest BCUT2D eigenvalue weighted by Gasteiger charge is 2.43. The van der Waals surface area contributed by atoms with Crippen LogP contribution in [-0.2, 0) is 25.5 Å². The van der Waals surface area contributed by atoms with E-state index < -0.39 is 29.7 Å². The number of amides is 3. The molecule has 1 aromatic rings. The summed E-state index contributed by atoms with van der Waals surface area (Å²) in [6.07, 6.45) is 3.36. The summed E-state index contributed by atoms with van der Waals surface area (Å²) < 4.78 is 11.0. The molecule has 3 amide bonds. The molecule has 8 nitrogen and oxygen atoms in total. The molecular weight excluding hydrogens is 446 g/mol. The molecule has 0 radical (unpaired) electrons. The summed E-state index contributed by atoms with van der Waals surface area (Å²) in [7, 11) is 0. The van der Waals surface area contributed by atoms with E-state index in [-0.39, 0.29) is 24.3 Å². The van der Waals surface area contributed by atoms with Crippen molar-refractivity contribution in [2.24, 2.45) is 11.7 Å². The zero-order valence-corrected chi connectivity index (χ0v) is 21.7. The molecule has 0 unspecified atom stereocenters. The summed E-state index contributed by atoms with van der Waals surface area (Å²) >= 11 is 0. The summed E-state index contributed by atoms with van der Waals surface area (Å²) in [5.74, 6) is -0.575. The van der Waals surface area contributed by atoms with Gasteiger partial charge in [-0.1, -0.05) is 31.2 Å². The molecule has 1 aromatic carbocycles. The first kappa shape index (κ1) is 27.0. The molecule has 0 aliphatic carbocycles. The maximum Gasteiger partial charge on any atom is 0.411 e. The number of nitrogens with one attached hydrogen (secondary N) is 1. The van der Waals surface area contributed by atoms with E-state index in [1.165, 1.54) is 10.5 Å². The highest BCUT2D eigenvalue weighted by molar-refractivity contribution is 5.91. The van der Waals surface area contributed by atoms with Gasteiger partial charge in [-0.15, -0.1) is 0 Å². The highest BCUT2D eigenvalue weighted by Crippen LogP contribution is 2.30. The first-order chi connectivity index (χ1) is 16.5. The van der Waals surface area contributed by atoms with Gasteiger partial charge in [0.2, 0.25) is 11.8 Å². The van der Waals surface area contributed by atoms with Crippen molar-refractivity contribution in [3.05, 3.63) is 35.4 Å². The molecule has 2 fully saturated rings. The topological polar surface area (TPSA) is 111 Å². The zero-order chi connectivity index (χ0) is 25.8. The van der Waals surface area contributed by atoms with Crippen LogP contribution in [0, 0.1) is 5.92 Å². The van der Waals surface area contributed by atoms with Crippen LogP contribution in [0.5, 0.6) is 0 Å². The van der Waals surface area contributed by atoms with Crippen molar-refractivity contribution in [1.29, 1.82) is 0 Å². The first-order valence-corrected chi connectivity index (χ1v) is 12.7. The molecule has 8 heteroatoms. The Morgan fingerprint density at radius 1 is 1.09 bits per heavy atom. The number of carbonyl (C=O) groups is 3. The number of nitrogens with zero attached hydrogens (tertiary/aromatic N) is 1. The Balaban J connectivity index is 1.71. The number of ether oxygens (including phenoxy) is 2. The summed E-state index contributed by atoms with van der Waals surface area (Å²) in [5, 5.41) is 2.83. The van der Waals surface area contributed by atoms with Gasteiger partial charge in [0, 0.05) is 25.7 Å². The number of rotatable bonds is 6. The fourth-order valence-electron chi connectivity index (χ4n) is 5.01. The van der Waals surface area contributed by atoms with Crippen LogP contribution >= 0.6 is 0 Å². The fraction of sp³-hybridized carbons (Fsp3) is 0.667. The molecule has 2 aliphatic rings. The summed E-state index contributed by atoms with van der Waals surface area (Å²) in [4.78, 5) is 40.2. The molecule has 4 atom stereocenters. The third-order valence-corrected chi connectivity index (χ3v) is 7.00. The lowest BCUT2D eigenvalue weighted by Crippen LogP contribution is -2.61. The third-order valence-electron chi connectivity index (χ3n) is 7.00. The third kappa shape index (κ3) is 7.19. The van der Waals surface area contributed by atoms with Crippen molar-refractivity contribution in [3.8, 4) is 0 Å². The van der Waals surface area contributed by atoms with Crippen LogP contribution in [0.2, 0.25) is 0 Å². The van der Waals surface area contributed by atoms with Gasteiger partial charge >= 0.3 is 6.09 Å². The van der Waals surface area contributed by atoms with Crippen LogP contribution in [0.3, 0.4) is 0 Å². The second-order valence-corrected chi connectivity index (χ2v) is 11.0. The van der Waals surface area contributed by atoms with Gasteiger partial charge in [-0.05, 0) is 76.3 Å². The lowest BCUT2D eigenvalue weighted by Gasteiger charge is -2.43. The largest absolute Gasteiger partial charge is 0.444 e. The molecule has 0 saturated carbocycles. The lowest BCUT2D eigenvalue weighted by atomic mass is 9.86. The molecule has 0 spiro atoms. The van der Waals surface area contributed by atoms with E-state index in [1.807, 2.05) is 26.0 Å².